The van der Waals surface area contributed by atoms with E-state index in [9.17, 15) is 0 Å². The van der Waals surface area contributed by atoms with Gasteiger partial charge in [-0.25, -0.2) is 4.98 Å². The molecule has 0 amide bonds. The van der Waals surface area contributed by atoms with Crippen molar-refractivity contribution in [2.75, 3.05) is 5.33 Å². The molecule has 0 fully saturated rings. The molecule has 0 aliphatic heterocycles. The fourth-order valence-electron chi connectivity index (χ4n) is 2.04. The fraction of sp³-hybridized carbons (Fsp3) is 0.583. The SMILES string of the molecule is CC(C)CC(CBr)Cc1cn2ccsc2n1. The molecule has 0 aliphatic rings. The van der Waals surface area contributed by atoms with Crippen LogP contribution in [0.2, 0.25) is 0 Å². The van der Waals surface area contributed by atoms with E-state index < -0.39 is 0 Å². The molecule has 2 aromatic rings. The highest BCUT2D eigenvalue weighted by Gasteiger charge is 2.13. The largest absolute Gasteiger partial charge is 0.297 e. The molecule has 2 nitrogen and oxygen atoms in total. The second kappa shape index (κ2) is 5.32. The molecule has 1 unspecified atom stereocenters. The third kappa shape index (κ3) is 2.86. The Labute approximate surface area is 109 Å². The first-order chi connectivity index (χ1) is 7.69. The van der Waals surface area contributed by atoms with Crippen LogP contribution in [-0.4, -0.2) is 14.7 Å². The molecule has 0 radical (unpaired) electrons. The van der Waals surface area contributed by atoms with Crippen LogP contribution in [-0.2, 0) is 6.42 Å². The van der Waals surface area contributed by atoms with Gasteiger partial charge in [0.05, 0.1) is 5.69 Å². The predicted octanol–water partition coefficient (Wildman–Crippen LogP) is 4.00. The lowest BCUT2D eigenvalue weighted by atomic mass is 9.95. The van der Waals surface area contributed by atoms with Gasteiger partial charge in [0.1, 0.15) is 0 Å². The van der Waals surface area contributed by atoms with E-state index in [4.69, 9.17) is 0 Å². The number of imidazole rings is 1. The molecule has 0 aromatic carbocycles. The molecule has 0 bridgehead atoms. The number of aromatic nitrogens is 2. The van der Waals surface area contributed by atoms with Gasteiger partial charge >= 0.3 is 0 Å². The van der Waals surface area contributed by atoms with Gasteiger partial charge in [-0.1, -0.05) is 29.8 Å². The predicted molar refractivity (Wildman–Crippen MR) is 73.5 cm³/mol. The van der Waals surface area contributed by atoms with E-state index in [-0.39, 0.29) is 0 Å². The van der Waals surface area contributed by atoms with E-state index in [1.165, 1.54) is 12.1 Å². The van der Waals surface area contributed by atoms with Crippen LogP contribution in [0.1, 0.15) is 26.0 Å². The first-order valence-electron chi connectivity index (χ1n) is 5.66. The molecule has 4 heteroatoms. The van der Waals surface area contributed by atoms with Crippen LogP contribution in [0.3, 0.4) is 0 Å². The third-order valence-electron chi connectivity index (χ3n) is 2.66. The Hall–Kier alpha value is -0.350. The number of fused-ring (bicyclic) bond motifs is 1. The van der Waals surface area contributed by atoms with Gasteiger partial charge in [-0.05, 0) is 24.7 Å². The summed E-state index contributed by atoms with van der Waals surface area (Å²) in [5, 5.41) is 3.14. The zero-order chi connectivity index (χ0) is 11.5. The summed E-state index contributed by atoms with van der Waals surface area (Å²) in [4.78, 5) is 5.73. The molecule has 2 heterocycles. The quantitative estimate of drug-likeness (QED) is 0.763. The molecule has 1 atom stereocenters. The summed E-state index contributed by atoms with van der Waals surface area (Å²) >= 11 is 5.30. The van der Waals surface area contributed by atoms with Gasteiger partial charge in [0.25, 0.3) is 0 Å². The number of rotatable bonds is 5. The van der Waals surface area contributed by atoms with Gasteiger partial charge in [0.15, 0.2) is 4.96 Å². The zero-order valence-corrected chi connectivity index (χ0v) is 12.1. The van der Waals surface area contributed by atoms with E-state index >= 15 is 0 Å². The van der Waals surface area contributed by atoms with E-state index in [0.29, 0.717) is 5.92 Å². The Morgan fingerprint density at radius 3 is 2.94 bits per heavy atom. The Balaban J connectivity index is 2.05. The van der Waals surface area contributed by atoms with Gasteiger partial charge in [-0.2, -0.15) is 0 Å². The highest BCUT2D eigenvalue weighted by atomic mass is 79.9. The van der Waals surface area contributed by atoms with Crippen LogP contribution in [0.15, 0.2) is 17.8 Å². The topological polar surface area (TPSA) is 17.3 Å². The second-order valence-corrected chi connectivity index (χ2v) is 6.20. The van der Waals surface area contributed by atoms with Crippen LogP contribution in [0.5, 0.6) is 0 Å². The molecule has 0 aliphatic carbocycles. The first-order valence-corrected chi connectivity index (χ1v) is 7.66. The summed E-state index contributed by atoms with van der Waals surface area (Å²) in [5.41, 5.74) is 1.22. The van der Waals surface area contributed by atoms with Crippen LogP contribution < -0.4 is 0 Å². The van der Waals surface area contributed by atoms with Gasteiger partial charge < -0.3 is 0 Å². The maximum absolute atomic E-state index is 4.63. The smallest absolute Gasteiger partial charge is 0.193 e. The van der Waals surface area contributed by atoms with E-state index in [1.807, 2.05) is 0 Å². The number of hydrogen-bond donors (Lipinski definition) is 0. The Kier molecular flexibility index (Phi) is 4.03. The van der Waals surface area contributed by atoms with Crippen LogP contribution >= 0.6 is 27.3 Å². The van der Waals surface area contributed by atoms with Crippen molar-refractivity contribution < 1.29 is 0 Å². The van der Waals surface area contributed by atoms with Crippen LogP contribution in [0, 0.1) is 11.8 Å². The highest BCUT2D eigenvalue weighted by molar-refractivity contribution is 9.09. The van der Waals surface area contributed by atoms with Crippen molar-refractivity contribution in [3.63, 3.8) is 0 Å². The minimum absolute atomic E-state index is 0.699. The third-order valence-corrected chi connectivity index (χ3v) is 4.35. The maximum atomic E-state index is 4.63. The maximum Gasteiger partial charge on any atom is 0.193 e. The molecular formula is C12H17BrN2S. The van der Waals surface area contributed by atoms with Gasteiger partial charge in [0, 0.05) is 23.1 Å². The van der Waals surface area contributed by atoms with Crippen LogP contribution in [0.25, 0.3) is 4.96 Å². The molecule has 2 rings (SSSR count). The Morgan fingerprint density at radius 2 is 2.31 bits per heavy atom. The minimum Gasteiger partial charge on any atom is -0.297 e. The lowest BCUT2D eigenvalue weighted by Crippen LogP contribution is -2.09. The summed E-state index contributed by atoms with van der Waals surface area (Å²) < 4.78 is 2.11. The lowest BCUT2D eigenvalue weighted by molar-refractivity contribution is 0.442. The van der Waals surface area contributed by atoms with Crippen molar-refractivity contribution in [1.82, 2.24) is 9.38 Å². The van der Waals surface area contributed by atoms with E-state index in [2.05, 4.69) is 56.9 Å². The summed E-state index contributed by atoms with van der Waals surface area (Å²) in [6.07, 6.45) is 6.57. The standard InChI is InChI=1S/C12H17BrN2S/c1-9(2)5-10(7-13)6-11-8-15-3-4-16-12(15)14-11/h3-4,8-10H,5-7H2,1-2H3. The molecule has 0 saturated heterocycles. The summed E-state index contributed by atoms with van der Waals surface area (Å²) in [6, 6.07) is 0. The normalized spacial score (nSPS) is 13.8. The zero-order valence-electron chi connectivity index (χ0n) is 9.69. The molecule has 2 aromatic heterocycles. The Morgan fingerprint density at radius 1 is 1.50 bits per heavy atom. The fourth-order valence-corrected chi connectivity index (χ4v) is 3.25. The molecule has 16 heavy (non-hydrogen) atoms. The van der Waals surface area contributed by atoms with E-state index in [0.717, 1.165) is 22.6 Å². The van der Waals surface area contributed by atoms with Crippen molar-refractivity contribution in [2.24, 2.45) is 11.8 Å². The lowest BCUT2D eigenvalue weighted by Gasteiger charge is -2.14. The number of thiazole rings is 1. The van der Waals surface area contributed by atoms with Crippen LogP contribution in [0.4, 0.5) is 0 Å². The molecule has 88 valence electrons. The van der Waals surface area contributed by atoms with Gasteiger partial charge in [-0.3, -0.25) is 4.40 Å². The average Bonchev–Trinajstić information content (AvgIpc) is 2.75. The highest BCUT2D eigenvalue weighted by Crippen LogP contribution is 2.20. The Bertz CT molecular complexity index is 418. The van der Waals surface area contributed by atoms with Crippen molar-refractivity contribution in [3.8, 4) is 0 Å². The van der Waals surface area contributed by atoms with Crippen molar-refractivity contribution in [3.05, 3.63) is 23.5 Å². The summed E-state index contributed by atoms with van der Waals surface area (Å²) in [7, 11) is 0. The number of hydrogen-bond acceptors (Lipinski definition) is 2. The molecule has 0 spiro atoms. The monoisotopic (exact) mass is 300 g/mol. The van der Waals surface area contributed by atoms with Crippen molar-refractivity contribution in [2.45, 2.75) is 26.7 Å². The van der Waals surface area contributed by atoms with Gasteiger partial charge in [-0.15, -0.1) is 11.3 Å². The van der Waals surface area contributed by atoms with E-state index in [1.54, 1.807) is 11.3 Å². The number of halogens is 1. The molecule has 0 saturated carbocycles. The molecule has 0 N–H and O–H groups in total. The summed E-state index contributed by atoms with van der Waals surface area (Å²) in [6.45, 7) is 4.56. The summed E-state index contributed by atoms with van der Waals surface area (Å²) in [5.74, 6) is 1.45. The van der Waals surface area contributed by atoms with Crippen molar-refractivity contribution >= 4 is 32.2 Å². The number of nitrogens with zero attached hydrogens (tertiary/aromatic N) is 2. The van der Waals surface area contributed by atoms with Gasteiger partial charge in [0.2, 0.25) is 0 Å². The second-order valence-electron chi connectivity index (χ2n) is 4.68. The number of alkyl halides is 1. The van der Waals surface area contributed by atoms with Crippen molar-refractivity contribution in [1.29, 1.82) is 0 Å². The minimum atomic E-state index is 0.699. The average molecular weight is 301 g/mol. The molecular weight excluding hydrogens is 284 g/mol. The first kappa shape index (κ1) is 12.1.